The van der Waals surface area contributed by atoms with Crippen molar-refractivity contribution in [3.8, 4) is 0 Å². The Morgan fingerprint density at radius 1 is 1.67 bits per heavy atom. The lowest BCUT2D eigenvalue weighted by Gasteiger charge is -2.17. The van der Waals surface area contributed by atoms with E-state index in [1.165, 1.54) is 11.3 Å². The van der Waals surface area contributed by atoms with E-state index in [-0.39, 0.29) is 5.91 Å². The summed E-state index contributed by atoms with van der Waals surface area (Å²) in [6, 6.07) is 3.37. The third-order valence-corrected chi connectivity index (χ3v) is 2.52. The maximum Gasteiger partial charge on any atom is 0.263 e. The lowest BCUT2D eigenvalue weighted by molar-refractivity contribution is 0.0778. The average molecular weight is 184 g/mol. The molecule has 0 aliphatic rings. The summed E-state index contributed by atoms with van der Waals surface area (Å²) in [5.74, 6) is 0.0356. The third-order valence-electron chi connectivity index (χ3n) is 1.73. The summed E-state index contributed by atoms with van der Waals surface area (Å²) < 4.78 is 7.31. The van der Waals surface area contributed by atoms with Crippen molar-refractivity contribution in [2.75, 3.05) is 13.1 Å². The van der Waals surface area contributed by atoms with E-state index in [0.717, 1.165) is 13.1 Å². The predicted octanol–water partition coefficient (Wildman–Crippen LogP) is 2.23. The number of amides is 1. The van der Waals surface area contributed by atoms with Gasteiger partial charge in [0.15, 0.2) is 0 Å². The Balaban J connectivity index is 2.78. The fourth-order valence-electron chi connectivity index (χ4n) is 1.02. The van der Waals surface area contributed by atoms with Crippen LogP contribution >= 0.6 is 11.3 Å². The average Bonchev–Trinajstić information content (AvgIpc) is 2.54. The van der Waals surface area contributed by atoms with Crippen molar-refractivity contribution in [2.45, 2.75) is 13.8 Å². The van der Waals surface area contributed by atoms with Crippen molar-refractivity contribution in [3.05, 3.63) is 22.4 Å². The zero-order valence-electron chi connectivity index (χ0n) is 8.33. The van der Waals surface area contributed by atoms with Crippen LogP contribution in [0, 0.1) is 0 Å². The Kier molecular flexibility index (Phi) is 2.77. The number of carbonyl (C=O) groups is 1. The molecule has 1 amide bonds. The molecule has 1 aromatic rings. The highest BCUT2D eigenvalue weighted by molar-refractivity contribution is 7.12. The molecule has 0 unspecified atom stereocenters. The zero-order chi connectivity index (χ0) is 9.84. The molecule has 1 heterocycles. The molecule has 12 heavy (non-hydrogen) atoms. The lowest BCUT2D eigenvalue weighted by Crippen LogP contribution is -2.29. The van der Waals surface area contributed by atoms with Gasteiger partial charge in [-0.3, -0.25) is 4.79 Å². The number of rotatable bonds is 3. The summed E-state index contributed by atoms with van der Waals surface area (Å²) in [7, 11) is 0. The molecule has 0 radical (unpaired) electrons. The van der Waals surface area contributed by atoms with E-state index in [9.17, 15) is 4.79 Å². The van der Waals surface area contributed by atoms with Gasteiger partial charge in [0.25, 0.3) is 5.91 Å². The van der Waals surface area contributed by atoms with E-state index in [0.29, 0.717) is 10.2 Å². The molecule has 0 saturated carbocycles. The van der Waals surface area contributed by atoms with Crippen molar-refractivity contribution < 1.29 is 6.17 Å². The van der Waals surface area contributed by atoms with Crippen LogP contribution in [0.4, 0.5) is 0 Å². The first kappa shape index (κ1) is 7.80. The Labute approximate surface area is 78.2 Å². The van der Waals surface area contributed by atoms with E-state index in [4.69, 9.17) is 1.37 Å². The molecule has 0 spiro atoms. The molecule has 0 aliphatic heterocycles. The van der Waals surface area contributed by atoms with Crippen molar-refractivity contribution in [1.29, 1.82) is 0 Å². The van der Waals surface area contributed by atoms with Gasteiger partial charge in [-0.05, 0) is 25.3 Å². The minimum atomic E-state index is 0.0356. The molecule has 1 aromatic heterocycles. The van der Waals surface area contributed by atoms with Gasteiger partial charge in [-0.15, -0.1) is 11.3 Å². The fourth-order valence-corrected chi connectivity index (χ4v) is 1.64. The molecule has 0 aliphatic carbocycles. The number of hydrogen-bond donors (Lipinski definition) is 0. The minimum absolute atomic E-state index is 0.0356. The molecular formula is C9H13NOS. The van der Waals surface area contributed by atoms with Crippen LogP contribution in [0.15, 0.2) is 17.5 Å². The smallest absolute Gasteiger partial charge is 0.263 e. The van der Waals surface area contributed by atoms with Crippen molar-refractivity contribution >= 4 is 17.2 Å². The molecule has 0 saturated heterocycles. The van der Waals surface area contributed by atoms with E-state index in [1.807, 2.05) is 13.8 Å². The second kappa shape index (κ2) is 4.26. The highest BCUT2D eigenvalue weighted by Gasteiger charge is 2.11. The van der Waals surface area contributed by atoms with Gasteiger partial charge >= 0.3 is 0 Å². The molecule has 66 valence electrons. The summed E-state index contributed by atoms with van der Waals surface area (Å²) in [6.07, 6.45) is 0. The second-order valence-corrected chi connectivity index (χ2v) is 3.27. The van der Waals surface area contributed by atoms with Crippen LogP contribution < -0.4 is 0 Å². The van der Waals surface area contributed by atoms with E-state index >= 15 is 0 Å². The van der Waals surface area contributed by atoms with E-state index in [2.05, 4.69) is 0 Å². The Bertz CT molecular complexity index is 294. The monoisotopic (exact) mass is 184 g/mol. The quantitative estimate of drug-likeness (QED) is 0.705. The lowest BCUT2D eigenvalue weighted by atomic mass is 10.4. The maximum atomic E-state index is 11.7. The topological polar surface area (TPSA) is 20.3 Å². The Morgan fingerprint density at radius 3 is 2.75 bits per heavy atom. The van der Waals surface area contributed by atoms with Crippen LogP contribution in [-0.2, 0) is 0 Å². The van der Waals surface area contributed by atoms with Crippen LogP contribution in [0.25, 0.3) is 0 Å². The summed E-state index contributed by atoms with van der Waals surface area (Å²) in [4.78, 5) is 14.1. The zero-order valence-corrected chi connectivity index (χ0v) is 8.15. The number of carbonyl (C=O) groups excluding carboxylic acids is 1. The van der Waals surface area contributed by atoms with Crippen LogP contribution in [0.1, 0.15) is 24.9 Å². The SMILES string of the molecule is [2H]c1ccc(C(=O)N(CC)CC)s1. The molecule has 0 atom stereocenters. The van der Waals surface area contributed by atoms with Crippen molar-refractivity contribution in [1.82, 2.24) is 4.90 Å². The van der Waals surface area contributed by atoms with Gasteiger partial charge in [0.1, 0.15) is 0 Å². The Hall–Kier alpha value is -0.830. The van der Waals surface area contributed by atoms with Crippen LogP contribution in [-0.4, -0.2) is 23.9 Å². The first-order valence-corrected chi connectivity index (χ1v) is 4.86. The number of hydrogen-bond acceptors (Lipinski definition) is 2. The summed E-state index contributed by atoms with van der Waals surface area (Å²) >= 11 is 1.23. The molecule has 0 fully saturated rings. The summed E-state index contributed by atoms with van der Waals surface area (Å²) in [5.41, 5.74) is 0. The van der Waals surface area contributed by atoms with Gasteiger partial charge in [0.05, 0.1) is 6.25 Å². The van der Waals surface area contributed by atoms with Gasteiger partial charge < -0.3 is 4.90 Å². The number of nitrogens with zero attached hydrogens (tertiary/aromatic N) is 1. The van der Waals surface area contributed by atoms with Gasteiger partial charge in [-0.25, -0.2) is 0 Å². The third kappa shape index (κ3) is 1.85. The molecule has 0 bridgehead atoms. The highest BCUT2D eigenvalue weighted by Crippen LogP contribution is 2.11. The summed E-state index contributed by atoms with van der Waals surface area (Å²) in [6.45, 7) is 5.36. The number of thiophene rings is 1. The van der Waals surface area contributed by atoms with Crippen LogP contribution in [0.5, 0.6) is 0 Å². The van der Waals surface area contributed by atoms with Gasteiger partial charge in [0.2, 0.25) is 0 Å². The molecule has 3 heteroatoms. The van der Waals surface area contributed by atoms with Crippen molar-refractivity contribution in [2.24, 2.45) is 0 Å². The predicted molar refractivity (Wildman–Crippen MR) is 51.6 cm³/mol. The normalized spacial score (nSPS) is 11.0. The van der Waals surface area contributed by atoms with E-state index in [1.54, 1.807) is 17.0 Å². The first-order chi connectivity index (χ1) is 6.19. The van der Waals surface area contributed by atoms with Crippen molar-refractivity contribution in [3.63, 3.8) is 0 Å². The molecule has 2 nitrogen and oxygen atoms in total. The first-order valence-electron chi connectivity index (χ1n) is 4.54. The summed E-state index contributed by atoms with van der Waals surface area (Å²) in [5, 5.41) is 0.440. The maximum absolute atomic E-state index is 11.7. The highest BCUT2D eigenvalue weighted by atomic mass is 32.1. The molecule has 0 aromatic carbocycles. The second-order valence-electron chi connectivity index (χ2n) is 2.39. The molecular weight excluding hydrogens is 170 g/mol. The molecule has 0 N–H and O–H groups in total. The molecule has 1 rings (SSSR count). The largest absolute Gasteiger partial charge is 0.339 e. The van der Waals surface area contributed by atoms with Gasteiger partial charge in [-0.1, -0.05) is 6.07 Å². The van der Waals surface area contributed by atoms with Gasteiger partial charge in [0, 0.05) is 13.1 Å². The van der Waals surface area contributed by atoms with Crippen LogP contribution in [0.2, 0.25) is 0 Å². The van der Waals surface area contributed by atoms with Crippen LogP contribution in [0.3, 0.4) is 0 Å². The van der Waals surface area contributed by atoms with E-state index < -0.39 is 0 Å². The Morgan fingerprint density at radius 2 is 2.33 bits per heavy atom. The van der Waals surface area contributed by atoms with Gasteiger partial charge in [-0.2, -0.15) is 0 Å². The minimum Gasteiger partial charge on any atom is -0.339 e. The fraction of sp³-hybridized carbons (Fsp3) is 0.444. The standard InChI is InChI=1S/C9H13NOS/c1-3-10(4-2)9(11)8-6-5-7-12-8/h5-7H,3-4H2,1-2H3/i7D.